The SMILES string of the molecule is Cc1nn(Cc2ccccc2OC(F)F)c(C)c1S(=O)(=O)N1CCOCC1. The van der Waals surface area contributed by atoms with Gasteiger partial charge in [-0.05, 0) is 19.9 Å². The van der Waals surface area contributed by atoms with Crippen LogP contribution in [-0.2, 0) is 21.3 Å². The molecule has 0 N–H and O–H groups in total. The molecule has 148 valence electrons. The monoisotopic (exact) mass is 401 g/mol. The van der Waals surface area contributed by atoms with Gasteiger partial charge < -0.3 is 9.47 Å². The van der Waals surface area contributed by atoms with Gasteiger partial charge in [0.1, 0.15) is 10.6 Å². The quantitative estimate of drug-likeness (QED) is 0.742. The molecule has 1 aliphatic heterocycles. The first-order chi connectivity index (χ1) is 12.8. The number of para-hydroxylation sites is 1. The highest BCUT2D eigenvalue weighted by Crippen LogP contribution is 2.27. The second kappa shape index (κ2) is 7.91. The number of hydrogen-bond acceptors (Lipinski definition) is 5. The number of nitrogens with zero attached hydrogens (tertiary/aromatic N) is 3. The van der Waals surface area contributed by atoms with Crippen molar-refractivity contribution in [2.75, 3.05) is 26.3 Å². The second-order valence-electron chi connectivity index (χ2n) is 6.16. The molecule has 2 heterocycles. The molecule has 0 bridgehead atoms. The molecule has 1 aromatic heterocycles. The third-order valence-electron chi connectivity index (χ3n) is 4.39. The van der Waals surface area contributed by atoms with Crippen molar-refractivity contribution < 1.29 is 26.7 Å². The Kier molecular flexibility index (Phi) is 5.78. The summed E-state index contributed by atoms with van der Waals surface area (Å²) >= 11 is 0. The Morgan fingerprint density at radius 1 is 1.22 bits per heavy atom. The number of morpholine rings is 1. The first kappa shape index (κ1) is 19.7. The van der Waals surface area contributed by atoms with Gasteiger partial charge in [-0.1, -0.05) is 18.2 Å². The normalized spacial score (nSPS) is 16.0. The zero-order valence-electron chi connectivity index (χ0n) is 15.1. The number of aryl methyl sites for hydroxylation is 1. The molecule has 3 rings (SSSR count). The van der Waals surface area contributed by atoms with Crippen LogP contribution in [0, 0.1) is 13.8 Å². The number of hydrogen-bond donors (Lipinski definition) is 0. The third-order valence-corrected chi connectivity index (χ3v) is 6.54. The van der Waals surface area contributed by atoms with Crippen LogP contribution in [0.25, 0.3) is 0 Å². The van der Waals surface area contributed by atoms with E-state index in [4.69, 9.17) is 4.74 Å². The summed E-state index contributed by atoms with van der Waals surface area (Å²) < 4.78 is 63.9. The maximum atomic E-state index is 13.0. The van der Waals surface area contributed by atoms with Crippen LogP contribution in [0.3, 0.4) is 0 Å². The van der Waals surface area contributed by atoms with Crippen molar-refractivity contribution in [2.45, 2.75) is 31.9 Å². The summed E-state index contributed by atoms with van der Waals surface area (Å²) in [5.41, 5.74) is 1.30. The van der Waals surface area contributed by atoms with Crippen molar-refractivity contribution >= 4 is 10.0 Å². The lowest BCUT2D eigenvalue weighted by Gasteiger charge is -2.26. The number of rotatable bonds is 6. The Morgan fingerprint density at radius 2 is 1.89 bits per heavy atom. The maximum Gasteiger partial charge on any atom is 0.387 e. The summed E-state index contributed by atoms with van der Waals surface area (Å²) in [6.45, 7) is 1.74. The molecule has 7 nitrogen and oxygen atoms in total. The Hall–Kier alpha value is -2.04. The Bertz CT molecular complexity index is 909. The van der Waals surface area contributed by atoms with Crippen LogP contribution >= 0.6 is 0 Å². The number of ether oxygens (including phenoxy) is 2. The van der Waals surface area contributed by atoms with Crippen molar-refractivity contribution in [1.29, 1.82) is 0 Å². The Labute approximate surface area is 156 Å². The van der Waals surface area contributed by atoms with E-state index >= 15 is 0 Å². The number of halogens is 2. The number of sulfonamides is 1. The van der Waals surface area contributed by atoms with Crippen LogP contribution < -0.4 is 4.74 Å². The fourth-order valence-electron chi connectivity index (χ4n) is 3.13. The molecule has 1 aromatic carbocycles. The minimum Gasteiger partial charge on any atom is -0.434 e. The summed E-state index contributed by atoms with van der Waals surface area (Å²) in [5, 5.41) is 4.32. The summed E-state index contributed by atoms with van der Waals surface area (Å²) in [6.07, 6.45) is 0. The highest BCUT2D eigenvalue weighted by atomic mass is 32.2. The van der Waals surface area contributed by atoms with Gasteiger partial charge in [0.2, 0.25) is 10.0 Å². The van der Waals surface area contributed by atoms with E-state index in [-0.39, 0.29) is 30.3 Å². The van der Waals surface area contributed by atoms with E-state index in [2.05, 4.69) is 9.84 Å². The standard InChI is InChI=1S/C17H21F2N3O4S/c1-12-16(27(23,24)21-7-9-25-10-8-21)13(2)22(20-12)11-14-5-3-4-6-15(14)26-17(18)19/h3-6,17H,7-11H2,1-2H3. The topological polar surface area (TPSA) is 73.7 Å². The Morgan fingerprint density at radius 3 is 2.56 bits per heavy atom. The van der Waals surface area contributed by atoms with Gasteiger partial charge in [0.25, 0.3) is 0 Å². The van der Waals surface area contributed by atoms with Crippen molar-refractivity contribution in [2.24, 2.45) is 0 Å². The van der Waals surface area contributed by atoms with E-state index in [1.807, 2.05) is 0 Å². The lowest BCUT2D eigenvalue weighted by molar-refractivity contribution is -0.0505. The molecule has 10 heteroatoms. The molecule has 0 spiro atoms. The molecule has 0 amide bonds. The van der Waals surface area contributed by atoms with Gasteiger partial charge in [-0.15, -0.1) is 0 Å². The fraction of sp³-hybridized carbons (Fsp3) is 0.471. The largest absolute Gasteiger partial charge is 0.434 e. The first-order valence-electron chi connectivity index (χ1n) is 8.45. The number of aromatic nitrogens is 2. The molecule has 0 atom stereocenters. The van der Waals surface area contributed by atoms with Gasteiger partial charge in [-0.2, -0.15) is 18.2 Å². The lowest BCUT2D eigenvalue weighted by atomic mass is 10.2. The minimum absolute atomic E-state index is 0.0395. The molecule has 27 heavy (non-hydrogen) atoms. The summed E-state index contributed by atoms with van der Waals surface area (Å²) in [7, 11) is -3.71. The molecule has 1 saturated heterocycles. The zero-order valence-corrected chi connectivity index (χ0v) is 15.9. The van der Waals surface area contributed by atoms with Crippen LogP contribution in [0.2, 0.25) is 0 Å². The van der Waals surface area contributed by atoms with Crippen LogP contribution in [0.5, 0.6) is 5.75 Å². The molecule has 0 unspecified atom stereocenters. The van der Waals surface area contributed by atoms with Crippen molar-refractivity contribution in [1.82, 2.24) is 14.1 Å². The van der Waals surface area contributed by atoms with E-state index in [1.165, 1.54) is 15.1 Å². The average molecular weight is 401 g/mol. The van der Waals surface area contributed by atoms with Crippen molar-refractivity contribution in [3.05, 3.63) is 41.2 Å². The predicted molar refractivity (Wildman–Crippen MR) is 93.5 cm³/mol. The van der Waals surface area contributed by atoms with E-state index in [0.717, 1.165) is 0 Å². The molecule has 0 aliphatic carbocycles. The molecule has 1 fully saturated rings. The van der Waals surface area contributed by atoms with Gasteiger partial charge in [-0.25, -0.2) is 8.42 Å². The summed E-state index contributed by atoms with van der Waals surface area (Å²) in [6, 6.07) is 6.38. The van der Waals surface area contributed by atoms with Gasteiger partial charge in [0, 0.05) is 18.7 Å². The highest BCUT2D eigenvalue weighted by molar-refractivity contribution is 7.89. The minimum atomic E-state index is -3.71. The number of alkyl halides is 2. The second-order valence-corrected chi connectivity index (χ2v) is 8.04. The summed E-state index contributed by atoms with van der Waals surface area (Å²) in [5.74, 6) is 0.0395. The van der Waals surface area contributed by atoms with Gasteiger partial charge in [0.05, 0.1) is 31.1 Å². The molecule has 0 radical (unpaired) electrons. The maximum absolute atomic E-state index is 13.0. The van der Waals surface area contributed by atoms with Crippen molar-refractivity contribution in [3.63, 3.8) is 0 Å². The molecular formula is C17H21F2N3O4S. The molecule has 2 aromatic rings. The van der Waals surface area contributed by atoms with Gasteiger partial charge >= 0.3 is 6.61 Å². The number of benzene rings is 1. The third kappa shape index (κ3) is 4.12. The first-order valence-corrected chi connectivity index (χ1v) is 9.89. The van der Waals surface area contributed by atoms with Gasteiger partial charge in [-0.3, -0.25) is 4.68 Å². The van der Waals surface area contributed by atoms with Gasteiger partial charge in [0.15, 0.2) is 0 Å². The Balaban J connectivity index is 1.93. The highest BCUT2D eigenvalue weighted by Gasteiger charge is 2.32. The van der Waals surface area contributed by atoms with Crippen LogP contribution in [0.1, 0.15) is 17.0 Å². The molecular weight excluding hydrogens is 380 g/mol. The van der Waals surface area contributed by atoms with Crippen molar-refractivity contribution in [3.8, 4) is 5.75 Å². The fourth-order valence-corrected chi connectivity index (χ4v) is 4.91. The van der Waals surface area contributed by atoms with E-state index in [0.29, 0.717) is 30.2 Å². The van der Waals surface area contributed by atoms with Crippen LogP contribution in [0.15, 0.2) is 29.2 Å². The smallest absolute Gasteiger partial charge is 0.387 e. The van der Waals surface area contributed by atoms with E-state index in [9.17, 15) is 17.2 Å². The van der Waals surface area contributed by atoms with E-state index < -0.39 is 16.6 Å². The van der Waals surface area contributed by atoms with Crippen LogP contribution in [0.4, 0.5) is 8.78 Å². The lowest BCUT2D eigenvalue weighted by Crippen LogP contribution is -2.41. The predicted octanol–water partition coefficient (Wildman–Crippen LogP) is 2.17. The zero-order chi connectivity index (χ0) is 19.6. The molecule has 1 aliphatic rings. The van der Waals surface area contributed by atoms with Crippen LogP contribution in [-0.4, -0.2) is 55.4 Å². The summed E-state index contributed by atoms with van der Waals surface area (Å²) in [4.78, 5) is 0.150. The molecule has 0 saturated carbocycles. The average Bonchev–Trinajstić information content (AvgIpc) is 2.91. The van der Waals surface area contributed by atoms with E-state index in [1.54, 1.807) is 32.0 Å².